The first-order valence-corrected chi connectivity index (χ1v) is 11.5. The van der Waals surface area contributed by atoms with Gasteiger partial charge in [0.15, 0.2) is 5.76 Å². The van der Waals surface area contributed by atoms with Gasteiger partial charge in [-0.15, -0.1) is 0 Å². The molecule has 180 valence electrons. The molecule has 9 nitrogen and oxygen atoms in total. The highest BCUT2D eigenvalue weighted by Gasteiger charge is 2.28. The number of nitrogens with one attached hydrogen (secondary N) is 1. The number of ether oxygens (including phenoxy) is 1. The van der Waals surface area contributed by atoms with Crippen LogP contribution >= 0.6 is 0 Å². The largest absolute Gasteiger partial charge is 0.460 e. The number of aryl methyl sites for hydroxylation is 1. The third-order valence-electron chi connectivity index (χ3n) is 5.81. The molecular weight excluding hydrogens is 434 g/mol. The number of aromatic nitrogens is 2. The maximum Gasteiger partial charge on any atom is 0.257 e. The summed E-state index contributed by atoms with van der Waals surface area (Å²) < 4.78 is 12.5. The molecule has 1 N–H and O–H groups in total. The molecule has 1 saturated heterocycles. The van der Waals surface area contributed by atoms with E-state index in [2.05, 4.69) is 15.3 Å². The Bertz CT molecular complexity index is 1100. The smallest absolute Gasteiger partial charge is 0.257 e. The summed E-state index contributed by atoms with van der Waals surface area (Å²) in [5, 5.41) is 7.59. The predicted octanol–water partition coefficient (Wildman–Crippen LogP) is 2.35. The van der Waals surface area contributed by atoms with E-state index in [-0.39, 0.29) is 11.8 Å². The van der Waals surface area contributed by atoms with Crippen molar-refractivity contribution in [2.45, 2.75) is 13.3 Å². The van der Waals surface area contributed by atoms with Gasteiger partial charge in [-0.2, -0.15) is 5.10 Å². The Kier molecular flexibility index (Phi) is 7.76. The topological polar surface area (TPSA) is 92.8 Å². The summed E-state index contributed by atoms with van der Waals surface area (Å²) in [7, 11) is 1.65. The van der Waals surface area contributed by atoms with E-state index < -0.39 is 0 Å². The van der Waals surface area contributed by atoms with E-state index in [0.717, 1.165) is 17.9 Å². The normalized spacial score (nSPS) is 14.4. The number of hydrogen-bond donors (Lipinski definition) is 1. The molecule has 0 radical (unpaired) electrons. The lowest BCUT2D eigenvalue weighted by molar-refractivity contribution is -0.122. The first kappa shape index (κ1) is 23.7. The van der Waals surface area contributed by atoms with Gasteiger partial charge < -0.3 is 19.4 Å². The van der Waals surface area contributed by atoms with E-state index >= 15 is 0 Å². The second-order valence-electron chi connectivity index (χ2n) is 8.35. The monoisotopic (exact) mass is 465 g/mol. The zero-order valence-electron chi connectivity index (χ0n) is 19.7. The number of para-hydroxylation sites is 1. The molecule has 3 aromatic rings. The fraction of sp³-hybridized carbons (Fsp3) is 0.400. The third-order valence-corrected chi connectivity index (χ3v) is 5.81. The highest BCUT2D eigenvalue weighted by molar-refractivity contribution is 5.99. The van der Waals surface area contributed by atoms with Crippen molar-refractivity contribution in [3.8, 4) is 17.1 Å². The van der Waals surface area contributed by atoms with Crippen LogP contribution in [0, 0.1) is 6.92 Å². The first-order valence-electron chi connectivity index (χ1n) is 11.5. The molecule has 0 spiro atoms. The third kappa shape index (κ3) is 5.73. The number of benzene rings is 1. The second-order valence-corrected chi connectivity index (χ2v) is 8.35. The van der Waals surface area contributed by atoms with Gasteiger partial charge in [0.1, 0.15) is 11.5 Å². The number of carbonyl (C=O) groups excluding carboxylic acids is 2. The van der Waals surface area contributed by atoms with Crippen LogP contribution in [0.5, 0.6) is 0 Å². The average molecular weight is 466 g/mol. The van der Waals surface area contributed by atoms with Gasteiger partial charge in [0.2, 0.25) is 5.91 Å². The van der Waals surface area contributed by atoms with Crippen LogP contribution in [0.15, 0.2) is 53.1 Å². The number of methoxy groups -OCH3 is 1. The van der Waals surface area contributed by atoms with E-state index in [1.54, 1.807) is 18.0 Å². The van der Waals surface area contributed by atoms with Crippen molar-refractivity contribution in [3.63, 3.8) is 0 Å². The molecule has 0 aliphatic carbocycles. The van der Waals surface area contributed by atoms with Crippen molar-refractivity contribution in [2.24, 2.45) is 0 Å². The number of amides is 2. The number of nitrogens with zero attached hydrogens (tertiary/aromatic N) is 4. The van der Waals surface area contributed by atoms with E-state index in [1.807, 2.05) is 54.3 Å². The summed E-state index contributed by atoms with van der Waals surface area (Å²) in [6, 6.07) is 13.4. The van der Waals surface area contributed by atoms with Crippen molar-refractivity contribution in [2.75, 3.05) is 53.0 Å². The van der Waals surface area contributed by atoms with Gasteiger partial charge in [-0.3, -0.25) is 14.5 Å². The molecule has 0 atom stereocenters. The fourth-order valence-electron chi connectivity index (χ4n) is 3.97. The lowest BCUT2D eigenvalue weighted by Crippen LogP contribution is -2.51. The van der Waals surface area contributed by atoms with Gasteiger partial charge >= 0.3 is 0 Å². The Hall–Kier alpha value is -3.43. The van der Waals surface area contributed by atoms with Crippen LogP contribution in [0.1, 0.15) is 22.5 Å². The van der Waals surface area contributed by atoms with E-state index in [0.29, 0.717) is 62.9 Å². The SMILES string of the molecule is COCCCNC(=O)CN1CCN(C(=O)c2cn(-c3ccccc3)nc2-c2ccc(C)o2)CC1. The lowest BCUT2D eigenvalue weighted by atomic mass is 10.1. The van der Waals surface area contributed by atoms with Gasteiger partial charge in [-0.1, -0.05) is 18.2 Å². The molecule has 3 heterocycles. The quantitative estimate of drug-likeness (QED) is 0.488. The maximum absolute atomic E-state index is 13.5. The van der Waals surface area contributed by atoms with Crippen LogP contribution in [0.25, 0.3) is 17.1 Å². The Morgan fingerprint density at radius 3 is 2.53 bits per heavy atom. The van der Waals surface area contributed by atoms with E-state index in [4.69, 9.17) is 9.15 Å². The summed E-state index contributed by atoms with van der Waals surface area (Å²) >= 11 is 0. The molecule has 2 amide bonds. The minimum atomic E-state index is -0.0881. The lowest BCUT2D eigenvalue weighted by Gasteiger charge is -2.34. The number of hydrogen-bond acceptors (Lipinski definition) is 6. The van der Waals surface area contributed by atoms with Crippen LogP contribution in [0.3, 0.4) is 0 Å². The van der Waals surface area contributed by atoms with Crippen molar-refractivity contribution in [1.29, 1.82) is 0 Å². The summed E-state index contributed by atoms with van der Waals surface area (Å²) in [6.45, 7) is 5.79. The van der Waals surface area contributed by atoms with Gasteiger partial charge in [0, 0.05) is 52.6 Å². The fourth-order valence-corrected chi connectivity index (χ4v) is 3.97. The highest BCUT2D eigenvalue weighted by Crippen LogP contribution is 2.27. The van der Waals surface area contributed by atoms with Crippen molar-refractivity contribution in [1.82, 2.24) is 24.9 Å². The predicted molar refractivity (Wildman–Crippen MR) is 128 cm³/mol. The van der Waals surface area contributed by atoms with Gasteiger partial charge in [-0.05, 0) is 37.6 Å². The Balaban J connectivity index is 1.43. The summed E-state index contributed by atoms with van der Waals surface area (Å²) in [4.78, 5) is 29.5. The average Bonchev–Trinajstić information content (AvgIpc) is 3.49. The Morgan fingerprint density at radius 2 is 1.85 bits per heavy atom. The molecule has 1 fully saturated rings. The number of furan rings is 1. The molecule has 0 bridgehead atoms. The Labute approximate surface area is 199 Å². The zero-order chi connectivity index (χ0) is 23.9. The van der Waals surface area contributed by atoms with Gasteiger partial charge in [-0.25, -0.2) is 4.68 Å². The molecule has 0 saturated carbocycles. The number of rotatable bonds is 9. The highest BCUT2D eigenvalue weighted by atomic mass is 16.5. The molecule has 4 rings (SSSR count). The van der Waals surface area contributed by atoms with Crippen molar-refractivity contribution >= 4 is 11.8 Å². The number of carbonyl (C=O) groups is 2. The first-order chi connectivity index (χ1) is 16.5. The van der Waals surface area contributed by atoms with Gasteiger partial charge in [0.25, 0.3) is 5.91 Å². The van der Waals surface area contributed by atoms with Gasteiger partial charge in [0.05, 0.1) is 17.8 Å². The molecule has 9 heteroatoms. The Morgan fingerprint density at radius 1 is 1.09 bits per heavy atom. The molecule has 1 aliphatic rings. The van der Waals surface area contributed by atoms with Crippen LogP contribution in [0.2, 0.25) is 0 Å². The molecule has 2 aromatic heterocycles. The minimum Gasteiger partial charge on any atom is -0.460 e. The van der Waals surface area contributed by atoms with Crippen LogP contribution in [0.4, 0.5) is 0 Å². The molecule has 34 heavy (non-hydrogen) atoms. The zero-order valence-corrected chi connectivity index (χ0v) is 19.7. The molecular formula is C25H31N5O4. The molecule has 0 unspecified atom stereocenters. The van der Waals surface area contributed by atoms with E-state index in [9.17, 15) is 9.59 Å². The molecule has 1 aromatic carbocycles. The number of piperazine rings is 1. The second kappa shape index (κ2) is 11.1. The van der Waals surface area contributed by atoms with Crippen molar-refractivity contribution in [3.05, 3.63) is 60.0 Å². The van der Waals surface area contributed by atoms with Crippen LogP contribution in [-0.2, 0) is 9.53 Å². The van der Waals surface area contributed by atoms with Crippen molar-refractivity contribution < 1.29 is 18.7 Å². The molecule has 1 aliphatic heterocycles. The summed E-state index contributed by atoms with van der Waals surface area (Å²) in [6.07, 6.45) is 2.56. The summed E-state index contributed by atoms with van der Waals surface area (Å²) in [5.74, 6) is 1.24. The maximum atomic E-state index is 13.5. The van der Waals surface area contributed by atoms with E-state index in [1.165, 1.54) is 0 Å². The standard InChI is InChI=1S/C25H31N5O4/c1-19-9-10-22(34-19)24-21(17-30(27-24)20-7-4-3-5-8-20)25(32)29-14-12-28(13-15-29)18-23(31)26-11-6-16-33-2/h3-5,7-10,17H,6,11-16,18H2,1-2H3,(H,26,31). The van der Waals surface area contributed by atoms with Crippen LogP contribution < -0.4 is 5.32 Å². The van der Waals surface area contributed by atoms with Crippen LogP contribution in [-0.4, -0.2) is 84.4 Å². The summed E-state index contributed by atoms with van der Waals surface area (Å²) in [5.41, 5.74) is 1.90. The minimum absolute atomic E-state index is 0.00417.